The first-order valence-electron chi connectivity index (χ1n) is 15.7. The minimum Gasteiger partial charge on any atom is -0.748 e. The molecule has 7 heteroatoms. The predicted molar refractivity (Wildman–Crippen MR) is 199 cm³/mol. The smallest absolute Gasteiger partial charge is 0.0795 e. The van der Waals surface area contributed by atoms with Crippen molar-refractivity contribution in [1.29, 1.82) is 0 Å². The van der Waals surface area contributed by atoms with Gasteiger partial charge >= 0.3 is 0 Å². The second-order valence-corrected chi connectivity index (χ2v) is 18.2. The second-order valence-electron chi connectivity index (χ2n) is 13.4. The van der Waals surface area contributed by atoms with Crippen LogP contribution in [0.1, 0.15) is 64.1 Å². The Balaban J connectivity index is 0.000000762. The topological polar surface area (TPSA) is 51.6 Å². The molecule has 0 spiro atoms. The number of hydrogen-bond donors (Lipinski definition) is 0. The Morgan fingerprint density at radius 2 is 1.11 bits per heavy atom. The molecule has 6 aromatic rings. The van der Waals surface area contributed by atoms with E-state index >= 15 is 0 Å². The quantitative estimate of drug-likeness (QED) is 0.0946. The fourth-order valence-electron chi connectivity index (χ4n) is 6.27. The van der Waals surface area contributed by atoms with E-state index in [1.165, 1.54) is 33.4 Å². The van der Waals surface area contributed by atoms with Crippen LogP contribution in [0.2, 0.25) is 0 Å². The third-order valence-electron chi connectivity index (χ3n) is 8.18. The van der Waals surface area contributed by atoms with Gasteiger partial charge in [0.15, 0.2) is 0 Å². The summed E-state index contributed by atoms with van der Waals surface area (Å²) in [5.41, 5.74) is 9.10. The van der Waals surface area contributed by atoms with Gasteiger partial charge in [-0.1, -0.05) is 113 Å². The minimum absolute atomic E-state index is 0. The van der Waals surface area contributed by atoms with Gasteiger partial charge < -0.3 is 30.3 Å². The van der Waals surface area contributed by atoms with Crippen molar-refractivity contribution in [3.63, 3.8) is 0 Å². The Labute approximate surface area is 295 Å². The Morgan fingerprint density at radius 3 is 1.51 bits per heavy atom. The molecule has 0 aliphatic carbocycles. The van der Waals surface area contributed by atoms with Gasteiger partial charge in [0.1, 0.15) is 0 Å². The summed E-state index contributed by atoms with van der Waals surface area (Å²) in [4.78, 5) is 18.7. The van der Waals surface area contributed by atoms with Gasteiger partial charge in [-0.3, -0.25) is 19.9 Å². The van der Waals surface area contributed by atoms with E-state index in [0.717, 1.165) is 17.5 Å². The molecule has 0 N–H and O–H groups in total. The Morgan fingerprint density at radius 1 is 0.660 bits per heavy atom. The second kappa shape index (κ2) is 15.7. The molecule has 0 radical (unpaired) electrons. The van der Waals surface area contributed by atoms with Crippen LogP contribution in [0, 0.1) is 0 Å². The first-order valence-corrected chi connectivity index (χ1v) is 17.8. The molecule has 0 amide bonds. The van der Waals surface area contributed by atoms with Gasteiger partial charge in [0.25, 0.3) is 0 Å². The molecule has 4 nitrogen and oxygen atoms in total. The van der Waals surface area contributed by atoms with Crippen molar-refractivity contribution in [3.05, 3.63) is 157 Å². The van der Waals surface area contributed by atoms with Crippen LogP contribution in [-0.4, -0.2) is 30.2 Å². The fourth-order valence-corrected chi connectivity index (χ4v) is 10.4. The van der Waals surface area contributed by atoms with Crippen LogP contribution >= 0.6 is 17.2 Å². The van der Waals surface area contributed by atoms with Crippen LogP contribution in [-0.2, 0) is 28.4 Å². The van der Waals surface area contributed by atoms with Crippen molar-refractivity contribution in [3.8, 4) is 22.3 Å². The summed E-state index contributed by atoms with van der Waals surface area (Å²) in [6.45, 7) is 14.4. The third-order valence-corrected chi connectivity index (χ3v) is 13.0. The van der Waals surface area contributed by atoms with Gasteiger partial charge in [0, 0.05) is 54.2 Å². The van der Waals surface area contributed by atoms with Crippen LogP contribution in [0.25, 0.3) is 22.3 Å². The summed E-state index contributed by atoms with van der Waals surface area (Å²) >= 11 is 0. The average Bonchev–Trinajstić information content (AvgIpc) is 3.77. The van der Waals surface area contributed by atoms with Crippen molar-refractivity contribution < 1.29 is 17.1 Å². The van der Waals surface area contributed by atoms with Gasteiger partial charge in [-0.25, -0.2) is 0 Å². The molecule has 2 aromatic heterocycles. The first kappa shape index (κ1) is 36.5. The summed E-state index contributed by atoms with van der Waals surface area (Å²) in [6.07, 6.45) is 11.7. The normalized spacial score (nSPS) is 11.8. The maximum atomic E-state index is 4.86. The van der Waals surface area contributed by atoms with Crippen LogP contribution in [0.15, 0.2) is 134 Å². The maximum Gasteiger partial charge on any atom is 0.0795 e. The number of aromatic nitrogens is 4. The van der Waals surface area contributed by atoms with E-state index in [2.05, 4.69) is 127 Å². The van der Waals surface area contributed by atoms with Crippen molar-refractivity contribution in [2.24, 2.45) is 0 Å². The van der Waals surface area contributed by atoms with Crippen molar-refractivity contribution in [1.82, 2.24) is 19.9 Å². The summed E-state index contributed by atoms with van der Waals surface area (Å²) in [6, 6.07) is 33.9. The zero-order valence-electron chi connectivity index (χ0n) is 28.1. The number of nitrogens with zero attached hydrogens (tertiary/aromatic N) is 4. The summed E-state index contributed by atoms with van der Waals surface area (Å²) in [7, 11) is 2.67. The molecular formula is C40H44FeN4P2-6. The van der Waals surface area contributed by atoms with Gasteiger partial charge in [0.05, 0.1) is 16.5 Å². The largest absolute Gasteiger partial charge is 0.748 e. The maximum absolute atomic E-state index is 4.86. The predicted octanol–water partition coefficient (Wildman–Crippen LogP) is 10.5. The van der Waals surface area contributed by atoms with E-state index in [1.807, 2.05) is 42.7 Å². The molecule has 4 aromatic carbocycles. The minimum atomic E-state index is -0.745. The number of benzene rings is 2. The zero-order chi connectivity index (χ0) is 32.8. The van der Waals surface area contributed by atoms with Crippen molar-refractivity contribution in [2.75, 3.05) is 0 Å². The Bertz CT molecular complexity index is 1710. The fraction of sp³-hybridized carbons (Fsp3) is 0.250. The zero-order valence-corrected chi connectivity index (χ0v) is 31.2. The summed E-state index contributed by atoms with van der Waals surface area (Å²) in [5.74, 6) is 0. The van der Waals surface area contributed by atoms with E-state index in [9.17, 15) is 0 Å². The summed E-state index contributed by atoms with van der Waals surface area (Å²) < 4.78 is 0. The van der Waals surface area contributed by atoms with E-state index in [-0.39, 0.29) is 27.4 Å². The van der Waals surface area contributed by atoms with Gasteiger partial charge in [-0.15, -0.1) is 39.4 Å². The SMILES string of the molecule is CC(C)(C)P(C[c-]1c(C(P)(c2cnccn2)c2cnccn2)cc(-c2ccccc2)c1-c1ccccc1)C(C)(C)C.[Fe].[cH-]1[cH-][cH-][cH-][cH-]1. The molecule has 6 rings (SSSR count). The molecule has 248 valence electrons. The molecule has 47 heavy (non-hydrogen) atoms. The van der Waals surface area contributed by atoms with Gasteiger partial charge in [-0.2, -0.15) is 6.07 Å². The number of rotatable bonds is 7. The van der Waals surface area contributed by atoms with E-state index < -0.39 is 13.1 Å². The molecular weight excluding hydrogens is 654 g/mol. The molecule has 2 heterocycles. The Hall–Kier alpha value is -3.32. The molecule has 1 atom stereocenters. The molecule has 0 aliphatic rings. The number of hydrogen-bond acceptors (Lipinski definition) is 4. The molecule has 0 saturated heterocycles. The van der Waals surface area contributed by atoms with Crippen LogP contribution in [0.5, 0.6) is 0 Å². The standard InChI is InChI=1S/C35H39N4P2.C5H5.Fe/c1-33(2,3)41(34(4,5)6)24-28-29(35(40,30-22-36-17-19-38-30)31-23-37-18-20-39-31)21-27(25-13-9-7-10-14-25)32(28)26-15-11-8-12-16-26;1-2-4-5-3-1;/h7-23H,24,40H2,1-6H3;1-5H;/q-1;-5;. The van der Waals surface area contributed by atoms with Crippen LogP contribution in [0.4, 0.5) is 0 Å². The van der Waals surface area contributed by atoms with E-state index in [0.29, 0.717) is 0 Å². The molecule has 0 bridgehead atoms. The van der Waals surface area contributed by atoms with Crippen LogP contribution in [0.3, 0.4) is 0 Å². The third kappa shape index (κ3) is 8.40. The summed E-state index contributed by atoms with van der Waals surface area (Å²) in [5, 5.41) is -0.456. The molecule has 1 unspecified atom stereocenters. The van der Waals surface area contributed by atoms with Crippen molar-refractivity contribution >= 4 is 17.2 Å². The Kier molecular flexibility index (Phi) is 12.2. The van der Waals surface area contributed by atoms with Crippen molar-refractivity contribution in [2.45, 2.75) is 63.2 Å². The van der Waals surface area contributed by atoms with E-state index in [4.69, 9.17) is 9.97 Å². The average molecular weight is 699 g/mol. The van der Waals surface area contributed by atoms with E-state index in [1.54, 1.807) is 24.8 Å². The molecule has 0 aliphatic heterocycles. The van der Waals surface area contributed by atoms with Gasteiger partial charge in [0.2, 0.25) is 0 Å². The van der Waals surface area contributed by atoms with Gasteiger partial charge in [-0.05, 0) is 16.5 Å². The first-order chi connectivity index (χ1) is 22.0. The molecule has 0 saturated carbocycles. The van der Waals surface area contributed by atoms with Crippen LogP contribution < -0.4 is 0 Å². The monoisotopic (exact) mass is 698 g/mol. The molecule has 0 fully saturated rings.